The molecule has 2 aromatic rings. The Kier molecular flexibility index (Phi) is 6.14. The van der Waals surface area contributed by atoms with E-state index in [1.807, 2.05) is 36.1 Å². The van der Waals surface area contributed by atoms with Crippen molar-refractivity contribution in [3.63, 3.8) is 0 Å². The van der Waals surface area contributed by atoms with E-state index >= 15 is 0 Å². The third-order valence-electron chi connectivity index (χ3n) is 4.95. The Bertz CT molecular complexity index is 838. The summed E-state index contributed by atoms with van der Waals surface area (Å²) in [5, 5.41) is 2.88. The molecule has 148 valence electrons. The molecule has 1 atom stereocenters. The summed E-state index contributed by atoms with van der Waals surface area (Å²) in [6.45, 7) is 9.00. The van der Waals surface area contributed by atoms with Gasteiger partial charge in [-0.25, -0.2) is 0 Å². The van der Waals surface area contributed by atoms with E-state index in [1.165, 1.54) is 5.56 Å². The van der Waals surface area contributed by atoms with Crippen molar-refractivity contribution in [2.75, 3.05) is 17.6 Å². The summed E-state index contributed by atoms with van der Waals surface area (Å²) < 4.78 is 0. The Morgan fingerprint density at radius 3 is 2.36 bits per heavy atom. The lowest BCUT2D eigenvalue weighted by molar-refractivity contribution is -0.128. The second kappa shape index (κ2) is 8.39. The first-order valence-corrected chi connectivity index (χ1v) is 10.7. The third-order valence-corrected chi connectivity index (χ3v) is 6.20. The summed E-state index contributed by atoms with van der Waals surface area (Å²) in [7, 11) is 0. The van der Waals surface area contributed by atoms with Crippen LogP contribution in [0.5, 0.6) is 0 Å². The fraction of sp³-hybridized carbons (Fsp3) is 0.391. The van der Waals surface area contributed by atoms with Gasteiger partial charge in [-0.3, -0.25) is 9.59 Å². The van der Waals surface area contributed by atoms with Crippen molar-refractivity contribution in [1.82, 2.24) is 4.90 Å². The summed E-state index contributed by atoms with van der Waals surface area (Å²) in [5.74, 6) is 0.485. The molecule has 1 N–H and O–H groups in total. The van der Waals surface area contributed by atoms with Gasteiger partial charge in [0.05, 0.1) is 5.75 Å². The lowest BCUT2D eigenvalue weighted by atomic mass is 9.86. The van der Waals surface area contributed by atoms with Crippen molar-refractivity contribution < 1.29 is 9.59 Å². The molecule has 1 fully saturated rings. The molecule has 1 aliphatic heterocycles. The number of carbonyl (C=O) groups is 2. The summed E-state index contributed by atoms with van der Waals surface area (Å²) >= 11 is 1.63. The Morgan fingerprint density at radius 2 is 1.75 bits per heavy atom. The van der Waals surface area contributed by atoms with Crippen LogP contribution in [-0.2, 0) is 15.0 Å². The van der Waals surface area contributed by atoms with E-state index in [0.29, 0.717) is 12.3 Å². The smallest absolute Gasteiger partial charge is 0.233 e. The predicted molar refractivity (Wildman–Crippen MR) is 116 cm³/mol. The Morgan fingerprint density at radius 1 is 1.11 bits per heavy atom. The first kappa shape index (κ1) is 20.5. The van der Waals surface area contributed by atoms with Gasteiger partial charge in [-0.1, -0.05) is 62.7 Å². The van der Waals surface area contributed by atoms with Crippen molar-refractivity contribution in [2.24, 2.45) is 0 Å². The highest BCUT2D eigenvalue weighted by Crippen LogP contribution is 2.39. The monoisotopic (exact) mass is 396 g/mol. The van der Waals surface area contributed by atoms with E-state index in [0.717, 1.165) is 16.8 Å². The van der Waals surface area contributed by atoms with Crippen molar-refractivity contribution >= 4 is 29.3 Å². The minimum Gasteiger partial charge on any atom is -0.326 e. The number of nitrogens with one attached hydrogen (secondary N) is 1. The van der Waals surface area contributed by atoms with Gasteiger partial charge < -0.3 is 10.2 Å². The summed E-state index contributed by atoms with van der Waals surface area (Å²) in [6.07, 6.45) is 0.288. The van der Waals surface area contributed by atoms with E-state index in [4.69, 9.17) is 0 Å². The summed E-state index contributed by atoms with van der Waals surface area (Å²) in [6, 6.07) is 16.2. The zero-order chi connectivity index (χ0) is 20.3. The zero-order valence-electron chi connectivity index (χ0n) is 17.0. The van der Waals surface area contributed by atoms with E-state index in [-0.39, 0.29) is 29.0 Å². The number of anilines is 1. The molecule has 0 saturated carbocycles. The number of amides is 2. The number of hydrogen-bond acceptors (Lipinski definition) is 3. The van der Waals surface area contributed by atoms with Gasteiger partial charge in [0.1, 0.15) is 5.37 Å². The van der Waals surface area contributed by atoms with Crippen LogP contribution in [0.2, 0.25) is 0 Å². The molecule has 4 nitrogen and oxygen atoms in total. The van der Waals surface area contributed by atoms with Gasteiger partial charge in [0, 0.05) is 18.7 Å². The highest BCUT2D eigenvalue weighted by molar-refractivity contribution is 8.00. The van der Waals surface area contributed by atoms with Crippen LogP contribution in [0.3, 0.4) is 0 Å². The van der Waals surface area contributed by atoms with Crippen LogP contribution in [-0.4, -0.2) is 29.0 Å². The molecule has 3 rings (SSSR count). The number of thioether (sulfide) groups is 1. The van der Waals surface area contributed by atoms with Crippen LogP contribution in [0.1, 0.15) is 49.3 Å². The molecule has 0 unspecified atom stereocenters. The van der Waals surface area contributed by atoms with Crippen molar-refractivity contribution in [3.8, 4) is 0 Å². The Balaban J connectivity index is 1.62. The summed E-state index contributed by atoms with van der Waals surface area (Å²) in [5.41, 5.74) is 4.42. The number of benzene rings is 2. The molecule has 1 aliphatic rings. The van der Waals surface area contributed by atoms with Crippen LogP contribution < -0.4 is 5.32 Å². The van der Waals surface area contributed by atoms with Gasteiger partial charge in [-0.15, -0.1) is 11.8 Å². The quantitative estimate of drug-likeness (QED) is 0.782. The standard InChI is InChI=1S/C23H28N2O2S/c1-16-5-11-19(12-6-16)24-20(26)13-14-25-21(27)15-28-22(25)17-7-9-18(10-8-17)23(2,3)4/h5-12,22H,13-15H2,1-4H3,(H,24,26)/t22-/m0/s1. The molecular formula is C23H28N2O2S. The number of hydrogen-bond donors (Lipinski definition) is 1. The molecule has 1 saturated heterocycles. The molecule has 0 aromatic heterocycles. The van der Waals surface area contributed by atoms with E-state index in [1.54, 1.807) is 11.8 Å². The number of carbonyl (C=O) groups excluding carboxylic acids is 2. The summed E-state index contributed by atoms with van der Waals surface area (Å²) in [4.78, 5) is 26.5. The first-order valence-electron chi connectivity index (χ1n) is 9.62. The van der Waals surface area contributed by atoms with E-state index in [9.17, 15) is 9.59 Å². The number of aryl methyl sites for hydroxylation is 1. The van der Waals surface area contributed by atoms with Crippen molar-refractivity contribution in [1.29, 1.82) is 0 Å². The van der Waals surface area contributed by atoms with Crippen LogP contribution in [0, 0.1) is 6.92 Å². The second-order valence-electron chi connectivity index (χ2n) is 8.29. The molecule has 2 amide bonds. The largest absolute Gasteiger partial charge is 0.326 e. The molecule has 0 aliphatic carbocycles. The SMILES string of the molecule is Cc1ccc(NC(=O)CCN2C(=O)CS[C@H]2c2ccc(C(C)(C)C)cc2)cc1. The van der Waals surface area contributed by atoms with E-state index in [2.05, 4.69) is 50.4 Å². The number of nitrogens with zero attached hydrogens (tertiary/aromatic N) is 1. The maximum atomic E-state index is 12.4. The fourth-order valence-corrected chi connectivity index (χ4v) is 4.42. The van der Waals surface area contributed by atoms with Crippen LogP contribution in [0.4, 0.5) is 5.69 Å². The van der Waals surface area contributed by atoms with Crippen molar-refractivity contribution in [2.45, 2.75) is 44.9 Å². The van der Waals surface area contributed by atoms with Crippen LogP contribution in [0.15, 0.2) is 48.5 Å². The topological polar surface area (TPSA) is 49.4 Å². The lowest BCUT2D eigenvalue weighted by Gasteiger charge is -2.25. The van der Waals surface area contributed by atoms with Gasteiger partial charge in [0.15, 0.2) is 0 Å². The Hall–Kier alpha value is -2.27. The van der Waals surface area contributed by atoms with Gasteiger partial charge in [-0.2, -0.15) is 0 Å². The predicted octanol–water partition coefficient (Wildman–Crippen LogP) is 4.90. The molecule has 1 heterocycles. The lowest BCUT2D eigenvalue weighted by Crippen LogP contribution is -2.31. The molecule has 28 heavy (non-hydrogen) atoms. The average Bonchev–Trinajstić information content (AvgIpc) is 3.02. The highest BCUT2D eigenvalue weighted by atomic mass is 32.2. The molecule has 2 aromatic carbocycles. The van der Waals surface area contributed by atoms with E-state index < -0.39 is 0 Å². The van der Waals surface area contributed by atoms with Gasteiger partial charge in [-0.05, 0) is 35.6 Å². The van der Waals surface area contributed by atoms with Gasteiger partial charge >= 0.3 is 0 Å². The maximum absolute atomic E-state index is 12.4. The van der Waals surface area contributed by atoms with Gasteiger partial charge in [0.2, 0.25) is 11.8 Å². The van der Waals surface area contributed by atoms with Crippen LogP contribution in [0.25, 0.3) is 0 Å². The molecule has 0 spiro atoms. The molecular weight excluding hydrogens is 368 g/mol. The first-order chi connectivity index (χ1) is 13.2. The second-order valence-corrected chi connectivity index (χ2v) is 9.36. The molecule has 5 heteroatoms. The average molecular weight is 397 g/mol. The minimum atomic E-state index is -0.0737. The van der Waals surface area contributed by atoms with Crippen LogP contribution >= 0.6 is 11.8 Å². The van der Waals surface area contributed by atoms with Gasteiger partial charge in [0.25, 0.3) is 0 Å². The zero-order valence-corrected chi connectivity index (χ0v) is 17.8. The van der Waals surface area contributed by atoms with Crippen molar-refractivity contribution in [3.05, 3.63) is 65.2 Å². The normalized spacial score (nSPS) is 17.1. The minimum absolute atomic E-state index is 0.0197. The third kappa shape index (κ3) is 4.96. The highest BCUT2D eigenvalue weighted by Gasteiger charge is 2.33. The fourth-order valence-electron chi connectivity index (χ4n) is 3.20. The molecule has 0 radical (unpaired) electrons. The molecule has 0 bridgehead atoms. The number of rotatable bonds is 5. The Labute approximate surface area is 171 Å². The maximum Gasteiger partial charge on any atom is 0.233 e.